The third kappa shape index (κ3) is 5.29. The van der Waals surface area contributed by atoms with Crippen LogP contribution in [-0.4, -0.2) is 8.07 Å². The Kier molecular flexibility index (Phi) is 4.36. The van der Waals surface area contributed by atoms with Crippen molar-refractivity contribution >= 4 is 13.8 Å². The third-order valence-electron chi connectivity index (χ3n) is 2.79. The molecule has 0 bridgehead atoms. The van der Waals surface area contributed by atoms with E-state index in [0.717, 1.165) is 11.6 Å². The molecule has 4 heteroatoms. The van der Waals surface area contributed by atoms with Crippen LogP contribution in [0, 0.1) is 23.9 Å². The van der Waals surface area contributed by atoms with Gasteiger partial charge in [0.2, 0.25) is 5.69 Å². The third-order valence-corrected chi connectivity index (χ3v) is 3.67. The van der Waals surface area contributed by atoms with Crippen LogP contribution < -0.4 is 4.74 Å². The zero-order chi connectivity index (χ0) is 18.7. The minimum absolute atomic E-state index is 0.0139. The minimum Gasteiger partial charge on any atom is -0.489 e. The maximum atomic E-state index is 13.7. The molecule has 116 valence electrons. The summed E-state index contributed by atoms with van der Waals surface area (Å²) in [4.78, 5) is 3.02. The summed E-state index contributed by atoms with van der Waals surface area (Å²) in [5.41, 5.74) is 3.96. The van der Waals surface area contributed by atoms with E-state index in [2.05, 4.69) is 36.0 Å². The van der Waals surface area contributed by atoms with Crippen LogP contribution in [0.15, 0.2) is 42.5 Å². The SMILES string of the molecule is [2H]C([2H])(Oc1ccc(C#C[Si](C)(C)C)cc1)c1ccc([N+]#[C-])c(F)c1. The van der Waals surface area contributed by atoms with E-state index in [1.807, 2.05) is 0 Å². The number of ether oxygens (including phenoxy) is 1. The van der Waals surface area contributed by atoms with Crippen LogP contribution >= 0.6 is 0 Å². The highest BCUT2D eigenvalue weighted by Crippen LogP contribution is 2.20. The van der Waals surface area contributed by atoms with Gasteiger partial charge in [-0.25, -0.2) is 9.24 Å². The molecule has 0 aliphatic heterocycles. The first kappa shape index (κ1) is 14.1. The Bertz CT molecular complexity index is 872. The Morgan fingerprint density at radius 3 is 2.48 bits per heavy atom. The summed E-state index contributed by atoms with van der Waals surface area (Å²) in [7, 11) is -1.46. The lowest BCUT2D eigenvalue weighted by Crippen LogP contribution is -2.16. The molecule has 0 unspecified atom stereocenters. The molecule has 0 aliphatic carbocycles. The second-order valence-electron chi connectivity index (χ2n) is 6.01. The van der Waals surface area contributed by atoms with Crippen LogP contribution in [0.2, 0.25) is 19.6 Å². The second-order valence-corrected chi connectivity index (χ2v) is 10.8. The van der Waals surface area contributed by atoms with E-state index >= 15 is 0 Å². The Hall–Kier alpha value is -2.56. The van der Waals surface area contributed by atoms with E-state index in [-0.39, 0.29) is 11.3 Å². The summed E-state index contributed by atoms with van der Waals surface area (Å²) in [6, 6.07) is 10.4. The molecule has 0 heterocycles. The molecule has 0 radical (unpaired) electrons. The predicted octanol–water partition coefficient (Wildman–Crippen LogP) is 5.18. The molecule has 0 amide bonds. The summed E-state index contributed by atoms with van der Waals surface area (Å²) in [6.45, 7) is 11.1. The number of nitrogens with zero attached hydrogens (tertiary/aromatic N) is 1. The van der Waals surface area contributed by atoms with E-state index in [0.29, 0.717) is 5.75 Å². The Morgan fingerprint density at radius 1 is 1.22 bits per heavy atom. The average molecular weight is 325 g/mol. The highest BCUT2D eigenvalue weighted by molar-refractivity contribution is 6.83. The Labute approximate surface area is 140 Å². The molecule has 0 aromatic heterocycles. The van der Waals surface area contributed by atoms with Crippen LogP contribution in [0.25, 0.3) is 4.85 Å². The molecule has 0 fully saturated rings. The number of rotatable bonds is 3. The number of halogens is 1. The molecule has 0 saturated heterocycles. The fourth-order valence-electron chi connectivity index (χ4n) is 1.64. The van der Waals surface area contributed by atoms with Crippen molar-refractivity contribution < 1.29 is 11.9 Å². The summed E-state index contributed by atoms with van der Waals surface area (Å²) in [5, 5.41) is 0. The molecular weight excluding hydrogens is 305 g/mol. The predicted molar refractivity (Wildman–Crippen MR) is 93.7 cm³/mol. The fourth-order valence-corrected chi connectivity index (χ4v) is 2.16. The fraction of sp³-hybridized carbons (Fsp3) is 0.211. The molecule has 2 aromatic rings. The smallest absolute Gasteiger partial charge is 0.222 e. The van der Waals surface area contributed by atoms with Gasteiger partial charge in [-0.2, -0.15) is 0 Å². The maximum absolute atomic E-state index is 13.7. The van der Waals surface area contributed by atoms with Crippen LogP contribution in [0.4, 0.5) is 10.1 Å². The van der Waals surface area contributed by atoms with Gasteiger partial charge in [-0.15, -0.1) is 5.54 Å². The van der Waals surface area contributed by atoms with Crippen LogP contribution in [0.5, 0.6) is 5.75 Å². The standard InChI is InChI=1S/C19H18FNOSi/c1-21-19-10-7-16(13-18(19)20)14-22-17-8-5-15(6-9-17)11-12-23(2,3)4/h5-10,13H,14H2,2-4H3/i14D2. The van der Waals surface area contributed by atoms with Gasteiger partial charge in [0.1, 0.15) is 26.2 Å². The maximum Gasteiger partial charge on any atom is 0.222 e. The normalized spacial score (nSPS) is 12.3. The van der Waals surface area contributed by atoms with Crippen LogP contribution in [0.3, 0.4) is 0 Å². The molecule has 0 saturated carbocycles. The number of hydrogen-bond acceptors (Lipinski definition) is 1. The van der Waals surface area contributed by atoms with Crippen LogP contribution in [0.1, 0.15) is 13.9 Å². The highest BCUT2D eigenvalue weighted by atomic mass is 28.3. The van der Waals surface area contributed by atoms with Crippen molar-refractivity contribution in [3.8, 4) is 17.2 Å². The first-order chi connectivity index (χ1) is 11.6. The summed E-state index contributed by atoms with van der Waals surface area (Å²) in [5.74, 6) is 2.66. The second kappa shape index (κ2) is 7.13. The Balaban J connectivity index is 2.19. The van der Waals surface area contributed by atoms with E-state index in [1.54, 1.807) is 24.3 Å². The largest absolute Gasteiger partial charge is 0.489 e. The summed E-state index contributed by atoms with van der Waals surface area (Å²) < 4.78 is 35.1. The van der Waals surface area contributed by atoms with E-state index in [1.165, 1.54) is 12.1 Å². The van der Waals surface area contributed by atoms with E-state index < -0.39 is 20.5 Å². The molecule has 0 atom stereocenters. The lowest BCUT2D eigenvalue weighted by Gasteiger charge is -2.07. The van der Waals surface area contributed by atoms with Gasteiger partial charge in [-0.1, -0.05) is 37.7 Å². The van der Waals surface area contributed by atoms with Gasteiger partial charge in [-0.3, -0.25) is 0 Å². The van der Waals surface area contributed by atoms with Crippen LogP contribution in [-0.2, 0) is 6.56 Å². The number of hydrogen-bond donors (Lipinski definition) is 0. The average Bonchev–Trinajstić information content (AvgIpc) is 2.53. The van der Waals surface area contributed by atoms with Crippen molar-refractivity contribution in [2.75, 3.05) is 0 Å². The van der Waals surface area contributed by atoms with E-state index in [4.69, 9.17) is 14.1 Å². The molecule has 2 rings (SSSR count). The molecule has 0 aliphatic rings. The first-order valence-corrected chi connectivity index (χ1v) is 10.6. The Morgan fingerprint density at radius 2 is 1.91 bits per heavy atom. The topological polar surface area (TPSA) is 13.6 Å². The summed E-state index contributed by atoms with van der Waals surface area (Å²) in [6.07, 6.45) is 0. The van der Waals surface area contributed by atoms with Crippen molar-refractivity contribution in [1.29, 1.82) is 0 Å². The molecule has 0 N–H and O–H groups in total. The lowest BCUT2D eigenvalue weighted by molar-refractivity contribution is 0.305. The zero-order valence-electron chi connectivity index (χ0n) is 15.3. The van der Waals surface area contributed by atoms with Gasteiger partial charge in [0, 0.05) is 5.56 Å². The molecule has 2 nitrogen and oxygen atoms in total. The van der Waals surface area contributed by atoms with Gasteiger partial charge < -0.3 is 4.74 Å². The van der Waals surface area contributed by atoms with Gasteiger partial charge in [0.25, 0.3) is 0 Å². The monoisotopic (exact) mass is 325 g/mol. The molecular formula is C19H18FNOSi. The minimum atomic E-state index is -2.22. The van der Waals surface area contributed by atoms with Crippen molar-refractivity contribution in [2.24, 2.45) is 0 Å². The highest BCUT2D eigenvalue weighted by Gasteiger charge is 2.07. The quantitative estimate of drug-likeness (QED) is 0.430. The van der Waals surface area contributed by atoms with E-state index in [9.17, 15) is 4.39 Å². The van der Waals surface area contributed by atoms with Gasteiger partial charge in [0.15, 0.2) is 0 Å². The van der Waals surface area contributed by atoms with Crippen molar-refractivity contribution in [3.63, 3.8) is 0 Å². The van der Waals surface area contributed by atoms with Gasteiger partial charge >= 0.3 is 0 Å². The van der Waals surface area contributed by atoms with Crippen molar-refractivity contribution in [2.45, 2.75) is 26.2 Å². The molecule has 23 heavy (non-hydrogen) atoms. The lowest BCUT2D eigenvalue weighted by atomic mass is 10.2. The number of benzene rings is 2. The van der Waals surface area contributed by atoms with Crippen molar-refractivity contribution in [1.82, 2.24) is 0 Å². The zero-order valence-corrected chi connectivity index (χ0v) is 14.3. The van der Waals surface area contributed by atoms with Gasteiger partial charge in [0.05, 0.1) is 9.31 Å². The summed E-state index contributed by atoms with van der Waals surface area (Å²) >= 11 is 0. The van der Waals surface area contributed by atoms with Crippen molar-refractivity contribution in [3.05, 3.63) is 70.8 Å². The molecule has 0 spiro atoms. The first-order valence-electron chi connectivity index (χ1n) is 8.10. The van der Waals surface area contributed by atoms with Gasteiger partial charge in [-0.05, 0) is 35.9 Å². The molecule has 2 aromatic carbocycles.